The summed E-state index contributed by atoms with van der Waals surface area (Å²) < 4.78 is 1.53. The summed E-state index contributed by atoms with van der Waals surface area (Å²) in [5.41, 5.74) is 9.61. The Morgan fingerprint density at radius 3 is 2.19 bits per heavy atom. The molecule has 0 spiro atoms. The third kappa shape index (κ3) is 2.60. The van der Waals surface area contributed by atoms with Crippen LogP contribution in [0.2, 0.25) is 0 Å². The van der Waals surface area contributed by atoms with E-state index in [-0.39, 0.29) is 5.56 Å². The van der Waals surface area contributed by atoms with Crippen molar-refractivity contribution in [3.8, 4) is 11.1 Å². The van der Waals surface area contributed by atoms with Gasteiger partial charge in [0.1, 0.15) is 5.82 Å². The molecule has 0 saturated carbocycles. The lowest BCUT2D eigenvalue weighted by Crippen LogP contribution is -2.18. The Morgan fingerprint density at radius 2 is 1.62 bits per heavy atom. The van der Waals surface area contributed by atoms with Crippen molar-refractivity contribution < 1.29 is 0 Å². The Balaban J connectivity index is 1.85. The molecule has 3 aromatic rings. The van der Waals surface area contributed by atoms with Gasteiger partial charge in [-0.2, -0.15) is 0 Å². The number of nitrogens with two attached hydrogens (primary N) is 1. The summed E-state index contributed by atoms with van der Waals surface area (Å²) in [6, 6.07) is 18.4. The van der Waals surface area contributed by atoms with Gasteiger partial charge in [-0.3, -0.25) is 9.89 Å². The molecule has 1 aromatic heterocycles. The van der Waals surface area contributed by atoms with Crippen LogP contribution in [0.3, 0.4) is 0 Å². The second-order valence-electron chi connectivity index (χ2n) is 5.10. The van der Waals surface area contributed by atoms with Crippen LogP contribution in [0.15, 0.2) is 59.4 Å². The van der Waals surface area contributed by atoms with Crippen LogP contribution in [0.5, 0.6) is 0 Å². The van der Waals surface area contributed by atoms with Crippen LogP contribution >= 0.6 is 0 Å². The van der Waals surface area contributed by atoms with Crippen LogP contribution in [0, 0.1) is 6.92 Å². The SMILES string of the molecule is Cc1c(N)[nH]n(Cc2ccc(-c3ccccc3)cc2)c1=O. The topological polar surface area (TPSA) is 63.8 Å². The first-order valence-corrected chi connectivity index (χ1v) is 6.84. The summed E-state index contributed by atoms with van der Waals surface area (Å²) in [5, 5.41) is 2.89. The average molecular weight is 279 g/mol. The molecule has 21 heavy (non-hydrogen) atoms. The van der Waals surface area contributed by atoms with E-state index in [2.05, 4.69) is 29.4 Å². The second-order valence-corrected chi connectivity index (χ2v) is 5.10. The first kappa shape index (κ1) is 13.2. The van der Waals surface area contributed by atoms with Crippen LogP contribution in [0.25, 0.3) is 11.1 Å². The zero-order chi connectivity index (χ0) is 14.8. The molecule has 0 fully saturated rings. The lowest BCUT2D eigenvalue weighted by molar-refractivity contribution is 0.666. The van der Waals surface area contributed by atoms with Gasteiger partial charge in [-0.1, -0.05) is 54.6 Å². The van der Waals surface area contributed by atoms with Crippen molar-refractivity contribution in [2.75, 3.05) is 5.73 Å². The number of hydrogen-bond donors (Lipinski definition) is 2. The molecule has 4 nitrogen and oxygen atoms in total. The van der Waals surface area contributed by atoms with Crippen LogP contribution in [-0.2, 0) is 6.54 Å². The van der Waals surface area contributed by atoms with Crippen LogP contribution in [0.1, 0.15) is 11.1 Å². The highest BCUT2D eigenvalue weighted by Crippen LogP contribution is 2.19. The van der Waals surface area contributed by atoms with E-state index < -0.39 is 0 Å². The third-order valence-electron chi connectivity index (χ3n) is 3.63. The number of H-pyrrole nitrogens is 1. The number of rotatable bonds is 3. The van der Waals surface area contributed by atoms with Gasteiger partial charge in [0.05, 0.1) is 12.1 Å². The standard InChI is InChI=1S/C17H17N3O/c1-12-16(18)19-20(17(12)21)11-13-7-9-15(10-8-13)14-5-3-2-4-6-14/h2-10,19H,11,18H2,1H3. The molecule has 0 radical (unpaired) electrons. The molecule has 0 aliphatic rings. The van der Waals surface area contributed by atoms with Gasteiger partial charge in [0.2, 0.25) is 0 Å². The lowest BCUT2D eigenvalue weighted by Gasteiger charge is -2.05. The van der Waals surface area contributed by atoms with E-state index in [1.807, 2.05) is 30.3 Å². The molecule has 2 aromatic carbocycles. The maximum absolute atomic E-state index is 11.9. The summed E-state index contributed by atoms with van der Waals surface area (Å²) in [6.45, 7) is 2.22. The summed E-state index contributed by atoms with van der Waals surface area (Å²) >= 11 is 0. The molecule has 0 saturated heterocycles. The molecule has 3 N–H and O–H groups in total. The van der Waals surface area contributed by atoms with Gasteiger partial charge in [-0.25, -0.2) is 4.68 Å². The van der Waals surface area contributed by atoms with Crippen LogP contribution < -0.4 is 11.3 Å². The highest BCUT2D eigenvalue weighted by Gasteiger charge is 2.07. The highest BCUT2D eigenvalue weighted by molar-refractivity contribution is 5.63. The number of nitrogens with one attached hydrogen (secondary N) is 1. The smallest absolute Gasteiger partial charge is 0.271 e. The van der Waals surface area contributed by atoms with Gasteiger partial charge in [0.25, 0.3) is 5.56 Å². The van der Waals surface area contributed by atoms with Gasteiger partial charge in [0.15, 0.2) is 0 Å². The van der Waals surface area contributed by atoms with Crippen molar-refractivity contribution in [1.29, 1.82) is 0 Å². The Hall–Kier alpha value is -2.75. The van der Waals surface area contributed by atoms with Crippen molar-refractivity contribution in [1.82, 2.24) is 9.78 Å². The largest absolute Gasteiger partial charge is 0.384 e. The Kier molecular flexibility index (Phi) is 3.36. The molecule has 0 bridgehead atoms. The predicted octanol–water partition coefficient (Wildman–Crippen LogP) is 2.78. The molecule has 0 aliphatic heterocycles. The quantitative estimate of drug-likeness (QED) is 0.774. The highest BCUT2D eigenvalue weighted by atomic mass is 16.1. The van der Waals surface area contributed by atoms with Crippen molar-refractivity contribution in [2.24, 2.45) is 0 Å². The molecule has 106 valence electrons. The van der Waals surface area contributed by atoms with E-state index >= 15 is 0 Å². The molecule has 1 heterocycles. The molecule has 3 rings (SSSR count). The maximum Gasteiger partial charge on any atom is 0.271 e. The fourth-order valence-electron chi connectivity index (χ4n) is 2.32. The third-order valence-corrected chi connectivity index (χ3v) is 3.63. The normalized spacial score (nSPS) is 10.7. The average Bonchev–Trinajstić information content (AvgIpc) is 2.76. The molecule has 0 aliphatic carbocycles. The van der Waals surface area contributed by atoms with Gasteiger partial charge < -0.3 is 5.73 Å². The molecular weight excluding hydrogens is 262 g/mol. The van der Waals surface area contributed by atoms with Gasteiger partial charge in [-0.05, 0) is 23.6 Å². The van der Waals surface area contributed by atoms with E-state index in [0.717, 1.165) is 11.1 Å². The van der Waals surface area contributed by atoms with E-state index in [4.69, 9.17) is 5.73 Å². The monoisotopic (exact) mass is 279 g/mol. The molecule has 0 unspecified atom stereocenters. The molecule has 4 heteroatoms. The number of benzene rings is 2. The number of aromatic nitrogens is 2. The van der Waals surface area contributed by atoms with Crippen molar-refractivity contribution >= 4 is 5.82 Å². The van der Waals surface area contributed by atoms with Crippen LogP contribution in [-0.4, -0.2) is 9.78 Å². The molecule has 0 atom stereocenters. The zero-order valence-corrected chi connectivity index (χ0v) is 11.8. The second kappa shape index (κ2) is 5.32. The first-order valence-electron chi connectivity index (χ1n) is 6.84. The van der Waals surface area contributed by atoms with E-state index in [1.165, 1.54) is 10.2 Å². The summed E-state index contributed by atoms with van der Waals surface area (Å²) in [6.07, 6.45) is 0. The Morgan fingerprint density at radius 1 is 1.00 bits per heavy atom. The van der Waals surface area contributed by atoms with Crippen molar-refractivity contribution in [3.05, 3.63) is 76.1 Å². The number of hydrogen-bond acceptors (Lipinski definition) is 2. The first-order chi connectivity index (χ1) is 10.1. The maximum atomic E-state index is 11.9. The van der Waals surface area contributed by atoms with E-state index in [0.29, 0.717) is 17.9 Å². The minimum atomic E-state index is -0.0698. The fraction of sp³-hybridized carbons (Fsp3) is 0.118. The van der Waals surface area contributed by atoms with Crippen LogP contribution in [0.4, 0.5) is 5.82 Å². The Bertz CT molecular complexity index is 798. The van der Waals surface area contributed by atoms with E-state index in [1.54, 1.807) is 6.92 Å². The Labute approximate surface area is 122 Å². The summed E-state index contributed by atoms with van der Waals surface area (Å²) in [5.74, 6) is 0.431. The number of anilines is 1. The number of nitrogens with zero attached hydrogens (tertiary/aromatic N) is 1. The van der Waals surface area contributed by atoms with Crippen molar-refractivity contribution in [2.45, 2.75) is 13.5 Å². The summed E-state index contributed by atoms with van der Waals surface area (Å²) in [7, 11) is 0. The van der Waals surface area contributed by atoms with Gasteiger partial charge in [-0.15, -0.1) is 0 Å². The van der Waals surface area contributed by atoms with Gasteiger partial charge >= 0.3 is 0 Å². The predicted molar refractivity (Wildman–Crippen MR) is 85.2 cm³/mol. The summed E-state index contributed by atoms with van der Waals surface area (Å²) in [4.78, 5) is 11.9. The fourth-order valence-corrected chi connectivity index (χ4v) is 2.32. The van der Waals surface area contributed by atoms with E-state index in [9.17, 15) is 4.79 Å². The molecule has 0 amide bonds. The minimum Gasteiger partial charge on any atom is -0.384 e. The molecular formula is C17H17N3O. The number of nitrogen functional groups attached to an aromatic ring is 1. The van der Waals surface area contributed by atoms with Crippen molar-refractivity contribution in [3.63, 3.8) is 0 Å². The minimum absolute atomic E-state index is 0.0698. The zero-order valence-electron chi connectivity index (χ0n) is 11.8. The van der Waals surface area contributed by atoms with Gasteiger partial charge in [0, 0.05) is 0 Å². The lowest BCUT2D eigenvalue weighted by atomic mass is 10.0. The number of aromatic amines is 1.